The van der Waals surface area contributed by atoms with E-state index in [2.05, 4.69) is 186 Å². The first-order valence-corrected chi connectivity index (χ1v) is 19.4. The van der Waals surface area contributed by atoms with Crippen molar-refractivity contribution in [2.75, 3.05) is 4.90 Å². The summed E-state index contributed by atoms with van der Waals surface area (Å²) in [4.78, 5) is 2.55. The van der Waals surface area contributed by atoms with Gasteiger partial charge in [-0.1, -0.05) is 102 Å². The maximum Gasteiger partial charge on any atom is 0.257 e. The molecular weight excluding hydrogens is 657 g/mol. The van der Waals surface area contributed by atoms with E-state index in [0.29, 0.717) is 0 Å². The van der Waals surface area contributed by atoms with Crippen LogP contribution in [0.15, 0.2) is 121 Å². The van der Waals surface area contributed by atoms with Gasteiger partial charge in [-0.15, -0.1) is 0 Å². The highest BCUT2D eigenvalue weighted by Crippen LogP contribution is 2.49. The average Bonchev–Trinajstić information content (AvgIpc) is 3.88. The molecule has 6 heteroatoms. The molecule has 5 nitrogen and oxygen atoms in total. The summed E-state index contributed by atoms with van der Waals surface area (Å²) in [5, 5.41) is 2.66. The van der Waals surface area contributed by atoms with Crippen LogP contribution < -0.4 is 21.3 Å². The van der Waals surface area contributed by atoms with Crippen LogP contribution in [0.2, 0.25) is 0 Å². The van der Waals surface area contributed by atoms with Crippen molar-refractivity contribution in [1.82, 2.24) is 17.9 Å². The van der Waals surface area contributed by atoms with E-state index in [1.807, 2.05) is 0 Å². The molecule has 6 aromatic carbocycles. The van der Waals surface area contributed by atoms with E-state index in [1.54, 1.807) is 0 Å². The van der Waals surface area contributed by atoms with Gasteiger partial charge < -0.3 is 4.90 Å². The zero-order chi connectivity index (χ0) is 36.2. The van der Waals surface area contributed by atoms with Gasteiger partial charge in [-0.25, -0.2) is 0 Å². The number of anilines is 3. The van der Waals surface area contributed by atoms with E-state index in [4.69, 9.17) is 0 Å². The van der Waals surface area contributed by atoms with Crippen LogP contribution in [0.25, 0.3) is 66.5 Å². The number of hydrogen-bond donors (Lipinski definition) is 0. The third-order valence-electron chi connectivity index (χ3n) is 12.8. The van der Waals surface area contributed by atoms with Crippen LogP contribution in [0.3, 0.4) is 0 Å². The Morgan fingerprint density at radius 1 is 0.407 bits per heavy atom. The molecule has 7 heterocycles. The molecule has 0 fully saturated rings. The predicted molar refractivity (Wildman–Crippen MR) is 227 cm³/mol. The molecule has 0 saturated carbocycles. The molecule has 0 spiro atoms. The third kappa shape index (κ3) is 3.13. The van der Waals surface area contributed by atoms with E-state index < -0.39 is 0 Å². The molecule has 0 bridgehead atoms. The standard InChI is InChI=1S/C48H38BN5/c1-47(2,3)38-28-17-10-12-19-30(28)51-36-25-23-34-41-43(36)53(45(38)51)32-21-14-22-33-40(32)49(41)42-35(50(34)27-15-8-7-9-16-27)24-26-37-44(42)54(33)46-39(48(4,5)6)29-18-11-13-20-31(29)52(37)46/h7-26H,1-6H3. The summed E-state index contributed by atoms with van der Waals surface area (Å²) >= 11 is 0. The quantitative estimate of drug-likeness (QED) is 0.157. The average molecular weight is 696 g/mol. The second-order valence-corrected chi connectivity index (χ2v) is 17.8. The van der Waals surface area contributed by atoms with Gasteiger partial charge in [0.25, 0.3) is 6.71 Å². The molecule has 3 aliphatic rings. The number of hydrogen-bond acceptors (Lipinski definition) is 1. The maximum absolute atomic E-state index is 2.66. The monoisotopic (exact) mass is 695 g/mol. The number of benzene rings is 6. The zero-order valence-corrected chi connectivity index (χ0v) is 31.4. The minimum atomic E-state index is -0.0871. The highest BCUT2D eigenvalue weighted by Gasteiger charge is 2.49. The van der Waals surface area contributed by atoms with Crippen molar-refractivity contribution in [1.29, 1.82) is 0 Å². The van der Waals surface area contributed by atoms with Crippen molar-refractivity contribution >= 4 is 95.3 Å². The molecule has 0 aliphatic carbocycles. The number of fused-ring (bicyclic) bond motifs is 12. The summed E-state index contributed by atoms with van der Waals surface area (Å²) < 4.78 is 10.5. The van der Waals surface area contributed by atoms with Crippen molar-refractivity contribution in [2.24, 2.45) is 0 Å². The van der Waals surface area contributed by atoms with Gasteiger partial charge >= 0.3 is 0 Å². The molecular formula is C48H38BN5. The first kappa shape index (κ1) is 29.3. The molecule has 258 valence electrons. The normalized spacial score (nSPS) is 14.4. The third-order valence-corrected chi connectivity index (χ3v) is 12.8. The second kappa shape index (κ2) is 9.14. The lowest BCUT2D eigenvalue weighted by Gasteiger charge is -2.42. The minimum absolute atomic E-state index is 0.0847. The predicted octanol–water partition coefficient (Wildman–Crippen LogP) is 9.91. The van der Waals surface area contributed by atoms with Crippen LogP contribution >= 0.6 is 0 Å². The largest absolute Gasteiger partial charge is 0.311 e. The van der Waals surface area contributed by atoms with Gasteiger partial charge in [0.15, 0.2) is 0 Å². The Hall–Kier alpha value is -6.14. The SMILES string of the molecule is CC(C)(C)c1c2ccccc2n2c3ccc4c5c3n(c12)-c1cccc2c1B5c1c(ccc3c1n-2c1c(C(C)(C)C)c2ccccc2n31)N4c1ccccc1. The van der Waals surface area contributed by atoms with Crippen LogP contribution in [0, 0.1) is 0 Å². The minimum Gasteiger partial charge on any atom is -0.311 e. The van der Waals surface area contributed by atoms with Crippen molar-refractivity contribution in [3.63, 3.8) is 0 Å². The van der Waals surface area contributed by atoms with Crippen molar-refractivity contribution in [2.45, 2.75) is 52.4 Å². The molecule has 0 saturated heterocycles. The molecule has 3 aliphatic heterocycles. The number of imidazole rings is 2. The Labute approximate surface area is 313 Å². The van der Waals surface area contributed by atoms with Gasteiger partial charge in [0, 0.05) is 50.3 Å². The highest BCUT2D eigenvalue weighted by molar-refractivity contribution is 7.02. The van der Waals surface area contributed by atoms with Gasteiger partial charge in [-0.3, -0.25) is 17.9 Å². The topological polar surface area (TPSA) is 21.9 Å². The first-order chi connectivity index (χ1) is 26.1. The molecule has 0 unspecified atom stereocenters. The molecule has 0 amide bonds. The lowest BCUT2D eigenvalue weighted by atomic mass is 9.32. The van der Waals surface area contributed by atoms with Gasteiger partial charge in [-0.05, 0) is 87.9 Å². The lowest BCUT2D eigenvalue weighted by Crippen LogP contribution is -2.63. The van der Waals surface area contributed by atoms with Crippen LogP contribution in [0.4, 0.5) is 17.1 Å². The number of aromatic nitrogens is 4. The maximum atomic E-state index is 2.66. The number of rotatable bonds is 1. The van der Waals surface area contributed by atoms with Gasteiger partial charge in [0.05, 0.1) is 33.1 Å². The molecule has 54 heavy (non-hydrogen) atoms. The molecule has 4 aromatic heterocycles. The second-order valence-electron chi connectivity index (χ2n) is 17.8. The fourth-order valence-electron chi connectivity index (χ4n) is 11.1. The summed E-state index contributed by atoms with van der Waals surface area (Å²) in [6, 6.07) is 45.8. The summed E-state index contributed by atoms with van der Waals surface area (Å²) in [6.07, 6.45) is 0. The van der Waals surface area contributed by atoms with Crippen LogP contribution in [-0.4, -0.2) is 24.6 Å². The summed E-state index contributed by atoms with van der Waals surface area (Å²) in [5.41, 5.74) is 23.4. The first-order valence-electron chi connectivity index (χ1n) is 19.4. The number of nitrogens with zero attached hydrogens (tertiary/aromatic N) is 5. The molecule has 0 atom stereocenters. The Kier molecular flexibility index (Phi) is 4.96. The van der Waals surface area contributed by atoms with Crippen LogP contribution in [0.1, 0.15) is 52.7 Å². The molecule has 10 aromatic rings. The van der Waals surface area contributed by atoms with Crippen molar-refractivity contribution in [3.8, 4) is 11.4 Å². The van der Waals surface area contributed by atoms with E-state index in [1.165, 1.54) is 111 Å². The van der Waals surface area contributed by atoms with Crippen LogP contribution in [0.5, 0.6) is 0 Å². The van der Waals surface area contributed by atoms with E-state index in [-0.39, 0.29) is 17.5 Å². The lowest BCUT2D eigenvalue weighted by molar-refractivity contribution is 0.598. The van der Waals surface area contributed by atoms with E-state index in [0.717, 1.165) is 0 Å². The van der Waals surface area contributed by atoms with E-state index >= 15 is 0 Å². The summed E-state index contributed by atoms with van der Waals surface area (Å²) in [6.45, 7) is 14.3. The zero-order valence-electron chi connectivity index (χ0n) is 31.4. The van der Waals surface area contributed by atoms with Crippen LogP contribution in [-0.2, 0) is 10.8 Å². The molecule has 13 rings (SSSR count). The highest BCUT2D eigenvalue weighted by atomic mass is 15.2. The van der Waals surface area contributed by atoms with Crippen molar-refractivity contribution < 1.29 is 0 Å². The Morgan fingerprint density at radius 2 is 0.870 bits per heavy atom. The summed E-state index contributed by atoms with van der Waals surface area (Å²) in [5.74, 6) is 0. The van der Waals surface area contributed by atoms with E-state index in [9.17, 15) is 0 Å². The van der Waals surface area contributed by atoms with Gasteiger partial charge in [0.1, 0.15) is 11.3 Å². The summed E-state index contributed by atoms with van der Waals surface area (Å²) in [7, 11) is 0. The molecule has 0 N–H and O–H groups in total. The molecule has 0 radical (unpaired) electrons. The van der Waals surface area contributed by atoms with Gasteiger partial charge in [-0.2, -0.15) is 0 Å². The van der Waals surface area contributed by atoms with Gasteiger partial charge in [0.2, 0.25) is 0 Å². The number of para-hydroxylation sites is 3. The Bertz CT molecular complexity index is 3150. The Morgan fingerprint density at radius 3 is 1.35 bits per heavy atom. The fraction of sp³-hybridized carbons (Fsp3) is 0.167. The fourth-order valence-corrected chi connectivity index (χ4v) is 11.1. The smallest absolute Gasteiger partial charge is 0.257 e. The Balaban J connectivity index is 1.32. The van der Waals surface area contributed by atoms with Crippen molar-refractivity contribution in [3.05, 3.63) is 132 Å².